The highest BCUT2D eigenvalue weighted by atomic mass is 32.1. The van der Waals surface area contributed by atoms with Crippen LogP contribution < -0.4 is 15.4 Å². The second-order valence-corrected chi connectivity index (χ2v) is 5.57. The summed E-state index contributed by atoms with van der Waals surface area (Å²) in [7, 11) is 1.61. The molecule has 0 unspecified atom stereocenters. The molecule has 0 aliphatic carbocycles. The molecule has 0 aliphatic rings. The minimum Gasteiger partial charge on any atom is -0.497 e. The number of hydrogen-bond donors (Lipinski definition) is 2. The van der Waals surface area contributed by atoms with Crippen LogP contribution in [0.15, 0.2) is 66.7 Å². The van der Waals surface area contributed by atoms with E-state index in [0.717, 1.165) is 22.2 Å². The lowest BCUT2D eigenvalue weighted by Gasteiger charge is -2.11. The van der Waals surface area contributed by atoms with E-state index in [2.05, 4.69) is 10.6 Å². The van der Waals surface area contributed by atoms with Crippen molar-refractivity contribution >= 4 is 39.7 Å². The number of thiocarbonyl (C=S) groups is 1. The van der Waals surface area contributed by atoms with Gasteiger partial charge in [0.2, 0.25) is 0 Å². The van der Waals surface area contributed by atoms with Crippen LogP contribution in [-0.4, -0.2) is 18.1 Å². The lowest BCUT2D eigenvalue weighted by Crippen LogP contribution is -2.34. The first kappa shape index (κ1) is 16.0. The number of carbonyl (C=O) groups is 1. The molecule has 0 fully saturated rings. The number of rotatable bonds is 3. The maximum Gasteiger partial charge on any atom is 0.258 e. The molecule has 0 bridgehead atoms. The van der Waals surface area contributed by atoms with Crippen LogP contribution >= 0.6 is 12.2 Å². The van der Waals surface area contributed by atoms with Crippen LogP contribution in [0.1, 0.15) is 10.4 Å². The molecular weight excluding hydrogens is 320 g/mol. The molecule has 0 radical (unpaired) electrons. The quantitative estimate of drug-likeness (QED) is 0.711. The largest absolute Gasteiger partial charge is 0.497 e. The van der Waals surface area contributed by atoms with E-state index in [1.54, 1.807) is 13.2 Å². The number of carbonyl (C=O) groups excluding carboxylic acids is 1. The highest BCUT2D eigenvalue weighted by Gasteiger charge is 2.11. The van der Waals surface area contributed by atoms with Crippen molar-refractivity contribution in [2.75, 3.05) is 12.4 Å². The van der Waals surface area contributed by atoms with Crippen molar-refractivity contribution < 1.29 is 9.53 Å². The highest BCUT2D eigenvalue weighted by Crippen LogP contribution is 2.18. The van der Waals surface area contributed by atoms with Crippen LogP contribution in [0, 0.1) is 0 Å². The Morgan fingerprint density at radius 1 is 0.958 bits per heavy atom. The molecule has 24 heavy (non-hydrogen) atoms. The van der Waals surface area contributed by atoms with Crippen LogP contribution in [-0.2, 0) is 0 Å². The predicted molar refractivity (Wildman–Crippen MR) is 101 cm³/mol. The molecule has 3 rings (SSSR count). The number of fused-ring (bicyclic) bond motifs is 1. The molecular formula is C19H16N2O2S. The zero-order valence-electron chi connectivity index (χ0n) is 13.1. The van der Waals surface area contributed by atoms with Crippen LogP contribution in [0.5, 0.6) is 5.75 Å². The molecule has 3 aromatic carbocycles. The van der Waals surface area contributed by atoms with E-state index < -0.39 is 0 Å². The summed E-state index contributed by atoms with van der Waals surface area (Å²) >= 11 is 5.22. The summed E-state index contributed by atoms with van der Waals surface area (Å²) in [5.74, 6) is 0.518. The van der Waals surface area contributed by atoms with Crippen molar-refractivity contribution in [3.8, 4) is 5.75 Å². The Balaban J connectivity index is 1.72. The van der Waals surface area contributed by atoms with Crippen molar-refractivity contribution in [3.63, 3.8) is 0 Å². The van der Waals surface area contributed by atoms with Crippen molar-refractivity contribution in [3.05, 3.63) is 72.3 Å². The van der Waals surface area contributed by atoms with E-state index in [0.29, 0.717) is 5.56 Å². The van der Waals surface area contributed by atoms with E-state index in [4.69, 9.17) is 17.0 Å². The van der Waals surface area contributed by atoms with Gasteiger partial charge in [-0.1, -0.05) is 36.4 Å². The number of methoxy groups -OCH3 is 1. The van der Waals surface area contributed by atoms with Crippen LogP contribution in [0.2, 0.25) is 0 Å². The Hall–Kier alpha value is -2.92. The third kappa shape index (κ3) is 3.52. The lowest BCUT2D eigenvalue weighted by atomic mass is 10.0. The minimum absolute atomic E-state index is 0.238. The fraction of sp³-hybridized carbons (Fsp3) is 0.0526. The molecule has 0 aliphatic heterocycles. The number of ether oxygens (including phenoxy) is 1. The Bertz CT molecular complexity index is 886. The summed E-state index contributed by atoms with van der Waals surface area (Å²) in [4.78, 5) is 12.5. The molecule has 4 nitrogen and oxygen atoms in total. The molecule has 120 valence electrons. The van der Waals surface area contributed by atoms with E-state index in [9.17, 15) is 4.79 Å². The summed E-state index contributed by atoms with van der Waals surface area (Å²) in [6.07, 6.45) is 0. The molecule has 5 heteroatoms. The Labute approximate surface area is 145 Å². The summed E-state index contributed by atoms with van der Waals surface area (Å²) in [6.45, 7) is 0. The van der Waals surface area contributed by atoms with E-state index in [1.807, 2.05) is 60.7 Å². The minimum atomic E-state index is -0.238. The Morgan fingerprint density at radius 2 is 1.67 bits per heavy atom. The number of nitrogens with one attached hydrogen (secondary N) is 2. The average molecular weight is 336 g/mol. The fourth-order valence-electron chi connectivity index (χ4n) is 2.43. The van der Waals surface area contributed by atoms with Gasteiger partial charge in [0.05, 0.1) is 7.11 Å². The summed E-state index contributed by atoms with van der Waals surface area (Å²) in [6, 6.07) is 20.7. The van der Waals surface area contributed by atoms with Crippen molar-refractivity contribution in [1.29, 1.82) is 0 Å². The van der Waals surface area contributed by atoms with Gasteiger partial charge in [0.15, 0.2) is 5.11 Å². The monoisotopic (exact) mass is 336 g/mol. The lowest BCUT2D eigenvalue weighted by molar-refractivity contribution is 0.0979. The van der Waals surface area contributed by atoms with Gasteiger partial charge in [-0.3, -0.25) is 10.1 Å². The zero-order chi connectivity index (χ0) is 16.9. The van der Waals surface area contributed by atoms with Crippen molar-refractivity contribution in [1.82, 2.24) is 5.32 Å². The van der Waals surface area contributed by atoms with Gasteiger partial charge < -0.3 is 10.1 Å². The summed E-state index contributed by atoms with van der Waals surface area (Å²) < 4.78 is 5.11. The second-order valence-electron chi connectivity index (χ2n) is 5.16. The summed E-state index contributed by atoms with van der Waals surface area (Å²) in [5, 5.41) is 7.86. The molecule has 0 saturated heterocycles. The maximum absolute atomic E-state index is 12.5. The molecule has 0 heterocycles. The highest BCUT2D eigenvalue weighted by molar-refractivity contribution is 7.80. The van der Waals surface area contributed by atoms with Gasteiger partial charge >= 0.3 is 0 Å². The number of amides is 1. The third-order valence-electron chi connectivity index (χ3n) is 3.61. The standard InChI is InChI=1S/C19H16N2O2S/c1-23-15-11-9-14(10-12-15)20-19(24)21-18(22)17-8-4-6-13-5-2-3-7-16(13)17/h2-12H,1H3,(H2,20,21,22,24). The van der Waals surface area contributed by atoms with Gasteiger partial charge in [0.25, 0.3) is 5.91 Å². The van der Waals surface area contributed by atoms with Gasteiger partial charge in [-0.15, -0.1) is 0 Å². The molecule has 0 aromatic heterocycles. The van der Waals surface area contributed by atoms with Crippen LogP contribution in [0.25, 0.3) is 10.8 Å². The molecule has 0 atom stereocenters. The Morgan fingerprint density at radius 3 is 2.42 bits per heavy atom. The van der Waals surface area contributed by atoms with Gasteiger partial charge in [0, 0.05) is 11.3 Å². The number of hydrogen-bond acceptors (Lipinski definition) is 3. The first-order valence-electron chi connectivity index (χ1n) is 7.41. The molecule has 0 spiro atoms. The predicted octanol–water partition coefficient (Wildman–Crippen LogP) is 3.98. The molecule has 0 saturated carbocycles. The average Bonchev–Trinajstić information content (AvgIpc) is 2.61. The number of benzene rings is 3. The van der Waals surface area contributed by atoms with Gasteiger partial charge in [-0.2, -0.15) is 0 Å². The number of anilines is 1. The van der Waals surface area contributed by atoms with Gasteiger partial charge in [-0.25, -0.2) is 0 Å². The molecule has 1 amide bonds. The first-order chi connectivity index (χ1) is 11.7. The SMILES string of the molecule is COc1ccc(NC(=S)NC(=O)c2cccc3ccccc23)cc1. The van der Waals surface area contributed by atoms with Crippen LogP contribution in [0.3, 0.4) is 0 Å². The van der Waals surface area contributed by atoms with E-state index in [-0.39, 0.29) is 11.0 Å². The van der Waals surface area contributed by atoms with E-state index >= 15 is 0 Å². The Kier molecular flexibility index (Phi) is 4.72. The maximum atomic E-state index is 12.5. The second kappa shape index (κ2) is 7.10. The third-order valence-corrected chi connectivity index (χ3v) is 3.81. The van der Waals surface area contributed by atoms with Gasteiger partial charge in [-0.05, 0) is 53.3 Å². The van der Waals surface area contributed by atoms with Gasteiger partial charge in [0.1, 0.15) is 5.75 Å². The zero-order valence-corrected chi connectivity index (χ0v) is 13.9. The normalized spacial score (nSPS) is 10.2. The van der Waals surface area contributed by atoms with Crippen LogP contribution in [0.4, 0.5) is 5.69 Å². The fourth-order valence-corrected chi connectivity index (χ4v) is 2.64. The molecule has 3 aromatic rings. The smallest absolute Gasteiger partial charge is 0.258 e. The van der Waals surface area contributed by atoms with Crippen molar-refractivity contribution in [2.45, 2.75) is 0 Å². The molecule has 2 N–H and O–H groups in total. The summed E-state index contributed by atoms with van der Waals surface area (Å²) in [5.41, 5.74) is 1.37. The first-order valence-corrected chi connectivity index (χ1v) is 7.82. The van der Waals surface area contributed by atoms with Crippen molar-refractivity contribution in [2.24, 2.45) is 0 Å². The topological polar surface area (TPSA) is 50.4 Å². The van der Waals surface area contributed by atoms with E-state index in [1.165, 1.54) is 0 Å².